The highest BCUT2D eigenvalue weighted by Gasteiger charge is 2.36. The Bertz CT molecular complexity index is 1130. The average Bonchev–Trinajstić information content (AvgIpc) is 3.26. The number of hydrogen-bond donors (Lipinski definition) is 1. The number of carbonyl (C=O) groups excluding carboxylic acids is 1. The molecule has 1 amide bonds. The molecule has 4 rings (SSSR count). The monoisotopic (exact) mass is 557 g/mol. The summed E-state index contributed by atoms with van der Waals surface area (Å²) < 4.78 is 63.3. The second kappa shape index (κ2) is 11.5. The van der Waals surface area contributed by atoms with E-state index >= 15 is 0 Å². The molecule has 2 aromatic rings. The predicted octanol–water partition coefficient (Wildman–Crippen LogP) is 5.83. The van der Waals surface area contributed by atoms with E-state index in [1.165, 1.54) is 12.5 Å². The Labute approximate surface area is 222 Å². The fourth-order valence-corrected chi connectivity index (χ4v) is 7.05. The largest absolute Gasteiger partial charge is 0.417 e. The number of halogens is 3. The van der Waals surface area contributed by atoms with E-state index in [0.717, 1.165) is 43.1 Å². The lowest BCUT2D eigenvalue weighted by Gasteiger charge is -2.25. The van der Waals surface area contributed by atoms with Crippen LogP contribution in [0.1, 0.15) is 73.9 Å². The van der Waals surface area contributed by atoms with Gasteiger partial charge >= 0.3 is 6.18 Å². The van der Waals surface area contributed by atoms with E-state index in [4.69, 9.17) is 4.74 Å². The van der Waals surface area contributed by atoms with Gasteiger partial charge in [0.05, 0.1) is 34.2 Å². The van der Waals surface area contributed by atoms with Crippen LogP contribution < -0.4 is 4.72 Å². The molecule has 2 fully saturated rings. The van der Waals surface area contributed by atoms with Gasteiger partial charge in [-0.25, -0.2) is 13.9 Å². The number of benzene rings is 1. The topological polar surface area (TPSA) is 71.5 Å². The van der Waals surface area contributed by atoms with Crippen LogP contribution in [0.3, 0.4) is 0 Å². The third-order valence-electron chi connectivity index (χ3n) is 6.53. The molecule has 0 radical (unpaired) electrons. The van der Waals surface area contributed by atoms with Gasteiger partial charge in [0.1, 0.15) is 11.0 Å². The second-order valence-electron chi connectivity index (χ2n) is 10.7. The second-order valence-corrected chi connectivity index (χ2v) is 12.9. The Morgan fingerprint density at radius 1 is 1.16 bits per heavy atom. The molecule has 11 heteroatoms. The smallest absolute Gasteiger partial charge is 0.378 e. The minimum absolute atomic E-state index is 0.215. The minimum atomic E-state index is -4.69. The molecule has 0 spiro atoms. The Balaban J connectivity index is 1.74. The van der Waals surface area contributed by atoms with Crippen molar-refractivity contribution in [3.05, 3.63) is 34.5 Å². The van der Waals surface area contributed by atoms with Crippen LogP contribution in [0.4, 0.5) is 13.2 Å². The summed E-state index contributed by atoms with van der Waals surface area (Å²) in [5, 5.41) is 0.290. The van der Waals surface area contributed by atoms with Crippen LogP contribution in [0.2, 0.25) is 0 Å². The number of rotatable bonds is 6. The van der Waals surface area contributed by atoms with Gasteiger partial charge in [-0.1, -0.05) is 38.2 Å². The summed E-state index contributed by atoms with van der Waals surface area (Å²) in [5.74, 6) is 0.179. The number of carbonyl (C=O) groups is 1. The van der Waals surface area contributed by atoms with Gasteiger partial charge in [0.25, 0.3) is 5.91 Å². The minimum Gasteiger partial charge on any atom is -0.378 e. The summed E-state index contributed by atoms with van der Waals surface area (Å²) in [6.45, 7) is 7.07. The molecule has 6 nitrogen and oxygen atoms in total. The fourth-order valence-electron chi connectivity index (χ4n) is 4.76. The number of thiazole rings is 1. The highest BCUT2D eigenvalue weighted by molar-refractivity contribution is 7.83. The molecular formula is C26H34F3N3O3S2. The van der Waals surface area contributed by atoms with Gasteiger partial charge in [0.15, 0.2) is 5.01 Å². The van der Waals surface area contributed by atoms with E-state index in [9.17, 15) is 22.2 Å². The van der Waals surface area contributed by atoms with E-state index in [2.05, 4.69) is 9.71 Å². The van der Waals surface area contributed by atoms with Gasteiger partial charge in [0.2, 0.25) is 0 Å². The van der Waals surface area contributed by atoms with Gasteiger partial charge < -0.3 is 9.64 Å². The van der Waals surface area contributed by atoms with Crippen LogP contribution in [0.15, 0.2) is 23.1 Å². The van der Waals surface area contributed by atoms with Crippen LogP contribution in [0.25, 0.3) is 10.4 Å². The zero-order valence-electron chi connectivity index (χ0n) is 21.5. The molecule has 1 aromatic heterocycles. The number of nitrogens with one attached hydrogen (secondary N) is 1. The standard InChI is InChI=1S/C26H34F3N3O3S2/c1-25(2,3)31-37(34)21-10-9-18(16-19(21)26(27,28)29)22-20(15-17-7-5-4-6-8-17)30-23(36-22)24(33)32-11-13-35-14-12-32/h9-10,16-17,31H,4-8,11-15H2,1-3H3. The maximum absolute atomic E-state index is 14.1. The van der Waals surface area contributed by atoms with E-state index in [-0.39, 0.29) is 10.8 Å². The van der Waals surface area contributed by atoms with Crippen LogP contribution in [-0.4, -0.2) is 51.8 Å². The molecule has 0 bridgehead atoms. The van der Waals surface area contributed by atoms with Crippen molar-refractivity contribution in [3.63, 3.8) is 0 Å². The summed E-state index contributed by atoms with van der Waals surface area (Å²) >= 11 is 1.14. The first kappa shape index (κ1) is 28.2. The number of ether oxygens (including phenoxy) is 1. The molecule has 1 aliphatic heterocycles. The number of hydrogen-bond acceptors (Lipinski definition) is 5. The molecular weight excluding hydrogens is 523 g/mol. The molecule has 2 heterocycles. The van der Waals surface area contributed by atoms with Crippen LogP contribution in [0.5, 0.6) is 0 Å². The lowest BCUT2D eigenvalue weighted by atomic mass is 9.85. The fraction of sp³-hybridized carbons (Fsp3) is 0.615. The predicted molar refractivity (Wildman–Crippen MR) is 139 cm³/mol. The summed E-state index contributed by atoms with van der Waals surface area (Å²) in [6, 6.07) is 3.90. The Morgan fingerprint density at radius 2 is 1.84 bits per heavy atom. The van der Waals surface area contributed by atoms with Crippen molar-refractivity contribution in [3.8, 4) is 10.4 Å². The van der Waals surface area contributed by atoms with Crippen LogP contribution >= 0.6 is 11.3 Å². The summed E-state index contributed by atoms with van der Waals surface area (Å²) in [6.07, 6.45) is 1.48. The molecule has 2 aliphatic rings. The van der Waals surface area contributed by atoms with Gasteiger partial charge in [-0.2, -0.15) is 13.2 Å². The van der Waals surface area contributed by atoms with Gasteiger partial charge in [-0.05, 0) is 50.8 Å². The summed E-state index contributed by atoms with van der Waals surface area (Å²) in [5.41, 5.74) is -0.568. The maximum atomic E-state index is 14.1. The van der Waals surface area contributed by atoms with Crippen molar-refractivity contribution < 1.29 is 26.9 Å². The highest BCUT2D eigenvalue weighted by atomic mass is 32.2. The van der Waals surface area contributed by atoms with E-state index < -0.39 is 28.3 Å². The van der Waals surface area contributed by atoms with Crippen molar-refractivity contribution >= 4 is 28.2 Å². The SMILES string of the molecule is CC(C)(C)NS(=O)c1ccc(-c2sc(C(=O)N3CCOCC3)nc2CC2CCCCC2)cc1C(F)(F)F. The lowest BCUT2D eigenvalue weighted by molar-refractivity contribution is -0.139. The van der Waals surface area contributed by atoms with Crippen molar-refractivity contribution in [2.75, 3.05) is 26.3 Å². The molecule has 37 heavy (non-hydrogen) atoms. The zero-order chi connectivity index (χ0) is 26.8. The number of alkyl halides is 3. The van der Waals surface area contributed by atoms with Gasteiger partial charge in [0, 0.05) is 18.6 Å². The molecule has 1 aliphatic carbocycles. The summed E-state index contributed by atoms with van der Waals surface area (Å²) in [4.78, 5) is 19.8. The quantitative estimate of drug-likeness (QED) is 0.485. The van der Waals surface area contributed by atoms with Crippen molar-refractivity contribution in [1.82, 2.24) is 14.6 Å². The van der Waals surface area contributed by atoms with E-state index in [0.29, 0.717) is 59.8 Å². The third kappa shape index (κ3) is 7.19. The average molecular weight is 558 g/mol. The third-order valence-corrected chi connectivity index (χ3v) is 9.22. The molecule has 1 aromatic carbocycles. The van der Waals surface area contributed by atoms with Gasteiger partial charge in [-0.3, -0.25) is 4.79 Å². The van der Waals surface area contributed by atoms with E-state index in [1.54, 1.807) is 31.7 Å². The number of morpholine rings is 1. The zero-order valence-corrected chi connectivity index (χ0v) is 23.1. The maximum Gasteiger partial charge on any atom is 0.417 e. The summed E-state index contributed by atoms with van der Waals surface area (Å²) in [7, 11) is -2.05. The Morgan fingerprint density at radius 3 is 2.46 bits per heavy atom. The first-order chi connectivity index (χ1) is 17.4. The number of aromatic nitrogens is 1. The van der Waals surface area contributed by atoms with Crippen molar-refractivity contribution in [2.45, 2.75) is 75.9 Å². The number of nitrogens with zero attached hydrogens (tertiary/aromatic N) is 2. The molecule has 204 valence electrons. The van der Waals surface area contributed by atoms with E-state index in [1.807, 2.05) is 0 Å². The first-order valence-corrected chi connectivity index (χ1v) is 14.7. The van der Waals surface area contributed by atoms with Gasteiger partial charge in [-0.15, -0.1) is 11.3 Å². The molecule has 1 saturated carbocycles. The highest BCUT2D eigenvalue weighted by Crippen LogP contribution is 2.40. The molecule has 1 atom stereocenters. The van der Waals surface area contributed by atoms with Crippen LogP contribution in [0, 0.1) is 5.92 Å². The van der Waals surface area contributed by atoms with Crippen molar-refractivity contribution in [2.24, 2.45) is 5.92 Å². The Hall–Kier alpha value is -1.82. The van der Waals surface area contributed by atoms with Crippen molar-refractivity contribution in [1.29, 1.82) is 0 Å². The molecule has 1 saturated heterocycles. The molecule has 1 N–H and O–H groups in total. The van der Waals surface area contributed by atoms with Crippen LogP contribution in [-0.2, 0) is 28.3 Å². The normalized spacial score (nSPS) is 18.7. The lowest BCUT2D eigenvalue weighted by Crippen LogP contribution is -2.40. The Kier molecular flexibility index (Phi) is 8.77. The molecule has 1 unspecified atom stereocenters. The number of amides is 1. The first-order valence-electron chi connectivity index (χ1n) is 12.7.